The lowest BCUT2D eigenvalue weighted by atomic mass is 9.83. The fourth-order valence-corrected chi connectivity index (χ4v) is 0.890. The number of nitrogens with zero attached hydrogens (tertiary/aromatic N) is 2. The summed E-state index contributed by atoms with van der Waals surface area (Å²) < 4.78 is 51.3. The zero-order valence-corrected chi connectivity index (χ0v) is 7.08. The van der Waals surface area contributed by atoms with Crippen molar-refractivity contribution in [2.75, 3.05) is 0 Å². The molecule has 0 aromatic carbocycles. The molecule has 0 aliphatic heterocycles. The summed E-state index contributed by atoms with van der Waals surface area (Å²) >= 11 is 5.61. The van der Waals surface area contributed by atoms with Gasteiger partial charge in [-0.15, -0.1) is 0 Å². The van der Waals surface area contributed by atoms with Gasteiger partial charge in [0.2, 0.25) is 0 Å². The molecule has 0 atom stereocenters. The van der Waals surface area contributed by atoms with E-state index < -0.39 is 37.7 Å². The molecule has 13 heavy (non-hydrogen) atoms. The lowest BCUT2D eigenvalue weighted by Gasteiger charge is -2.06. The van der Waals surface area contributed by atoms with E-state index in [1.54, 1.807) is 0 Å². The van der Waals surface area contributed by atoms with Crippen LogP contribution >= 0.6 is 11.6 Å². The third-order valence-corrected chi connectivity index (χ3v) is 1.57. The van der Waals surface area contributed by atoms with Crippen molar-refractivity contribution < 1.29 is 19.6 Å². The Balaban J connectivity index is 3.50. The van der Waals surface area contributed by atoms with Crippen LogP contribution in [0.15, 0.2) is 6.20 Å². The number of hydrogen-bond donors (Lipinski definition) is 2. The van der Waals surface area contributed by atoms with Crippen LogP contribution < -0.4 is 5.46 Å². The zero-order chi connectivity index (χ0) is 15.9. The average Bonchev–Trinajstić information content (AvgIpc) is 2.24. The van der Waals surface area contributed by atoms with E-state index in [-0.39, 0.29) is 5.46 Å². The largest absolute Gasteiger partial charge is 0.493 e. The second-order valence-electron chi connectivity index (χ2n) is 2.19. The van der Waals surface area contributed by atoms with Crippen LogP contribution in [0.3, 0.4) is 0 Å². The molecule has 0 aliphatic carbocycles. The van der Waals surface area contributed by atoms with Gasteiger partial charge in [0.05, 0.1) is 0 Å². The molecule has 0 aliphatic rings. The van der Waals surface area contributed by atoms with Crippen molar-refractivity contribution in [2.24, 2.45) is 0 Å². The number of halogens is 1. The van der Waals surface area contributed by atoms with Gasteiger partial charge in [-0.25, -0.2) is 9.97 Å². The molecule has 0 fully saturated rings. The van der Waals surface area contributed by atoms with Crippen LogP contribution in [0.25, 0.3) is 0 Å². The molecular weight excluding hydrogens is 190 g/mol. The maximum Gasteiger partial charge on any atom is 0.493 e. The molecule has 0 spiro atoms. The van der Waals surface area contributed by atoms with Gasteiger partial charge in [-0.05, 0) is 0 Å². The second-order valence-corrected chi connectivity index (χ2v) is 2.55. The quantitative estimate of drug-likeness (QED) is 0.526. The Morgan fingerprint density at radius 3 is 2.85 bits per heavy atom. The summed E-state index contributed by atoms with van der Waals surface area (Å²) in [5, 5.41) is 17.3. The lowest BCUT2D eigenvalue weighted by Crippen LogP contribution is -2.32. The zero-order valence-electron chi connectivity index (χ0n) is 13.3. The first kappa shape index (κ1) is 4.25. The predicted octanol–water partition coefficient (Wildman–Crippen LogP) is -0.0668. The van der Waals surface area contributed by atoms with E-state index in [1.807, 2.05) is 0 Å². The van der Waals surface area contributed by atoms with Crippen molar-refractivity contribution in [3.8, 4) is 0 Å². The number of aromatic nitrogens is 2. The van der Waals surface area contributed by atoms with E-state index in [0.29, 0.717) is 0 Å². The Morgan fingerprint density at radius 1 is 1.69 bits per heavy atom. The fraction of sp³-hybridized carbons (Fsp3) is 0.429. The summed E-state index contributed by atoms with van der Waals surface area (Å²) in [4.78, 5) is 6.87. The van der Waals surface area contributed by atoms with Crippen LogP contribution in [0.2, 0.25) is 5.15 Å². The molecule has 1 aromatic rings. The van der Waals surface area contributed by atoms with Gasteiger partial charge in [0, 0.05) is 27.1 Å². The molecule has 0 unspecified atom stereocenters. The third kappa shape index (κ3) is 2.40. The summed E-state index contributed by atoms with van der Waals surface area (Å²) in [6, 6.07) is 0. The predicted molar refractivity (Wildman–Crippen MR) is 51.0 cm³/mol. The summed E-state index contributed by atoms with van der Waals surface area (Å²) in [6.07, 6.45) is 0.774. The molecule has 0 saturated heterocycles. The molecule has 0 amide bonds. The Bertz CT molecular complexity index is 493. The molecule has 1 rings (SSSR count). The van der Waals surface area contributed by atoms with E-state index in [2.05, 4.69) is 9.97 Å². The molecule has 2 N–H and O–H groups in total. The number of hydrogen-bond acceptors (Lipinski definition) is 4. The van der Waals surface area contributed by atoms with Crippen molar-refractivity contribution in [3.63, 3.8) is 0 Å². The molecule has 70 valence electrons. The first-order valence-electron chi connectivity index (χ1n) is 6.71. The SMILES string of the molecule is [2H]C([2H])([2H])C([2H])(c1ncc(B(O)O)c(Cl)n1)C([2H])([2H])[2H]. The molecule has 1 aromatic heterocycles. The Morgan fingerprint density at radius 2 is 2.38 bits per heavy atom. The van der Waals surface area contributed by atoms with Crippen molar-refractivity contribution in [2.45, 2.75) is 19.6 Å². The van der Waals surface area contributed by atoms with Gasteiger partial charge in [-0.2, -0.15) is 0 Å². The highest BCUT2D eigenvalue weighted by atomic mass is 35.5. The van der Waals surface area contributed by atoms with Crippen LogP contribution in [0.1, 0.15) is 35.0 Å². The summed E-state index contributed by atoms with van der Waals surface area (Å²) in [7, 11) is -2.00. The second kappa shape index (κ2) is 4.04. The van der Waals surface area contributed by atoms with E-state index in [1.165, 1.54) is 0 Å². The summed E-state index contributed by atoms with van der Waals surface area (Å²) in [6.45, 7) is -6.47. The maximum atomic E-state index is 8.94. The van der Waals surface area contributed by atoms with Crippen molar-refractivity contribution in [1.82, 2.24) is 9.97 Å². The molecular formula is C7H10BClN2O2. The highest BCUT2D eigenvalue weighted by molar-refractivity contribution is 6.62. The van der Waals surface area contributed by atoms with Crippen molar-refractivity contribution in [1.29, 1.82) is 0 Å². The number of rotatable bonds is 2. The maximum absolute atomic E-state index is 8.94. The van der Waals surface area contributed by atoms with Gasteiger partial charge < -0.3 is 10.0 Å². The topological polar surface area (TPSA) is 66.2 Å². The minimum absolute atomic E-state index is 0.325. The van der Waals surface area contributed by atoms with Crippen molar-refractivity contribution in [3.05, 3.63) is 17.2 Å². The Hall–Kier alpha value is -0.645. The van der Waals surface area contributed by atoms with Gasteiger partial charge in [0.15, 0.2) is 0 Å². The highest BCUT2D eigenvalue weighted by Gasteiger charge is 2.17. The average molecular weight is 207 g/mol. The molecule has 6 heteroatoms. The van der Waals surface area contributed by atoms with Gasteiger partial charge in [0.25, 0.3) is 0 Å². The molecule has 4 nitrogen and oxygen atoms in total. The van der Waals surface area contributed by atoms with Gasteiger partial charge >= 0.3 is 7.12 Å². The van der Waals surface area contributed by atoms with E-state index in [0.717, 1.165) is 6.20 Å². The fourth-order valence-electron chi connectivity index (χ4n) is 0.664. The van der Waals surface area contributed by atoms with Crippen LogP contribution in [0.4, 0.5) is 0 Å². The van der Waals surface area contributed by atoms with Crippen molar-refractivity contribution >= 4 is 24.2 Å². The monoisotopic (exact) mass is 207 g/mol. The minimum atomic E-state index is -3.24. The van der Waals surface area contributed by atoms with E-state index in [4.69, 9.17) is 31.2 Å². The molecule has 1 heterocycles. The smallest absolute Gasteiger partial charge is 0.423 e. The Kier molecular flexibility index (Phi) is 1.32. The standard InChI is InChI=1S/C7H10BClN2O2/c1-4(2)7-10-3-5(8(12)13)6(9)11-7/h3-4,12-13H,1-2H3/i1D3,2D3,4D. The highest BCUT2D eigenvalue weighted by Crippen LogP contribution is 2.09. The molecule has 0 radical (unpaired) electrons. The van der Waals surface area contributed by atoms with Gasteiger partial charge in [-0.3, -0.25) is 0 Å². The third-order valence-electron chi connectivity index (χ3n) is 1.27. The van der Waals surface area contributed by atoms with Gasteiger partial charge in [-0.1, -0.05) is 25.3 Å². The minimum Gasteiger partial charge on any atom is -0.423 e. The lowest BCUT2D eigenvalue weighted by molar-refractivity contribution is 0.425. The molecule has 0 saturated carbocycles. The summed E-state index contributed by atoms with van der Waals surface area (Å²) in [5.41, 5.74) is -0.325. The normalized spacial score (nSPS) is 21.3. The first-order valence-corrected chi connectivity index (χ1v) is 3.59. The summed E-state index contributed by atoms with van der Waals surface area (Å²) in [5.74, 6) is -3.92. The van der Waals surface area contributed by atoms with Crippen LogP contribution in [0, 0.1) is 0 Å². The first-order chi connectivity index (χ1) is 8.82. The van der Waals surface area contributed by atoms with Crippen LogP contribution in [-0.2, 0) is 0 Å². The van der Waals surface area contributed by atoms with E-state index >= 15 is 0 Å². The molecule has 0 bridgehead atoms. The Labute approximate surface area is 91.6 Å². The van der Waals surface area contributed by atoms with E-state index in [9.17, 15) is 0 Å². The van der Waals surface area contributed by atoms with Crippen LogP contribution in [-0.4, -0.2) is 27.1 Å². The van der Waals surface area contributed by atoms with Gasteiger partial charge in [0.1, 0.15) is 11.0 Å². The van der Waals surface area contributed by atoms with Crippen LogP contribution in [0.5, 0.6) is 0 Å².